The Labute approximate surface area is 170 Å². The van der Waals surface area contributed by atoms with Gasteiger partial charge in [-0.2, -0.15) is 0 Å². The summed E-state index contributed by atoms with van der Waals surface area (Å²) in [6.45, 7) is 11.4. The van der Waals surface area contributed by atoms with E-state index in [-0.39, 0.29) is 5.91 Å². The van der Waals surface area contributed by atoms with Crippen LogP contribution in [0.25, 0.3) is 0 Å². The lowest BCUT2D eigenvalue weighted by atomic mass is 9.97. The molecule has 0 aliphatic carbocycles. The van der Waals surface area contributed by atoms with Crippen molar-refractivity contribution in [2.75, 3.05) is 40.3 Å². The fourth-order valence-corrected chi connectivity index (χ4v) is 3.50. The fraction of sp³-hybridized carbons (Fsp3) is 0.636. The molecule has 1 saturated heterocycles. The van der Waals surface area contributed by atoms with Gasteiger partial charge >= 0.3 is 0 Å². The molecule has 1 unspecified atom stereocenters. The van der Waals surface area contributed by atoms with Crippen LogP contribution in [0.15, 0.2) is 29.3 Å². The maximum Gasteiger partial charge on any atom is 0.253 e. The summed E-state index contributed by atoms with van der Waals surface area (Å²) in [5.41, 5.74) is 1.80. The van der Waals surface area contributed by atoms with Crippen LogP contribution in [0.5, 0.6) is 0 Å². The van der Waals surface area contributed by atoms with E-state index in [0.717, 1.165) is 31.2 Å². The van der Waals surface area contributed by atoms with Crippen molar-refractivity contribution in [2.24, 2.45) is 10.9 Å². The van der Waals surface area contributed by atoms with E-state index in [9.17, 15) is 4.79 Å². The molecule has 28 heavy (non-hydrogen) atoms. The number of carbonyl (C=O) groups excluding carboxylic acids is 1. The van der Waals surface area contributed by atoms with Crippen LogP contribution in [0.4, 0.5) is 0 Å². The molecule has 0 aromatic heterocycles. The van der Waals surface area contributed by atoms with Crippen molar-refractivity contribution in [1.29, 1.82) is 0 Å². The largest absolute Gasteiger partial charge is 0.357 e. The zero-order chi connectivity index (χ0) is 20.5. The van der Waals surface area contributed by atoms with Crippen LogP contribution in [-0.4, -0.2) is 68.0 Å². The summed E-state index contributed by atoms with van der Waals surface area (Å²) in [6, 6.07) is 8.32. The van der Waals surface area contributed by atoms with Gasteiger partial charge in [-0.25, -0.2) is 4.99 Å². The Morgan fingerprint density at radius 1 is 1.25 bits per heavy atom. The third-order valence-electron chi connectivity index (χ3n) is 5.21. The number of hydrogen-bond donors (Lipinski definition) is 2. The van der Waals surface area contributed by atoms with Gasteiger partial charge in [0.25, 0.3) is 5.91 Å². The van der Waals surface area contributed by atoms with Crippen LogP contribution in [0.3, 0.4) is 0 Å². The molecule has 156 valence electrons. The molecule has 0 saturated carbocycles. The number of amides is 1. The Bertz CT molecular complexity index is 639. The van der Waals surface area contributed by atoms with E-state index in [1.165, 1.54) is 19.4 Å². The molecular formula is C22H37N5O. The van der Waals surface area contributed by atoms with Gasteiger partial charge in [-0.05, 0) is 63.8 Å². The summed E-state index contributed by atoms with van der Waals surface area (Å²) in [5.74, 6) is 1.54. The lowest BCUT2D eigenvalue weighted by molar-refractivity contribution is 0.0827. The van der Waals surface area contributed by atoms with Crippen molar-refractivity contribution in [2.45, 2.75) is 46.2 Å². The third kappa shape index (κ3) is 6.82. The second-order valence-electron chi connectivity index (χ2n) is 8.07. The molecule has 6 nitrogen and oxygen atoms in total. The second-order valence-corrected chi connectivity index (χ2v) is 8.07. The van der Waals surface area contributed by atoms with Crippen molar-refractivity contribution >= 4 is 11.9 Å². The van der Waals surface area contributed by atoms with E-state index in [1.807, 2.05) is 24.3 Å². The molecule has 0 radical (unpaired) electrons. The SMILES string of the molecule is CCNC(=NCc1ccc(C(=O)N(C)C)cc1)NCC1CCCN(C(C)C)C1. The predicted octanol–water partition coefficient (Wildman–Crippen LogP) is 2.56. The lowest BCUT2D eigenvalue weighted by Crippen LogP contribution is -2.46. The average molecular weight is 388 g/mol. The van der Waals surface area contributed by atoms with Crippen molar-refractivity contribution in [1.82, 2.24) is 20.4 Å². The molecular weight excluding hydrogens is 350 g/mol. The van der Waals surface area contributed by atoms with Crippen molar-refractivity contribution < 1.29 is 4.79 Å². The van der Waals surface area contributed by atoms with E-state index < -0.39 is 0 Å². The quantitative estimate of drug-likeness (QED) is 0.558. The van der Waals surface area contributed by atoms with Gasteiger partial charge in [0.2, 0.25) is 0 Å². The Morgan fingerprint density at radius 2 is 1.96 bits per heavy atom. The third-order valence-corrected chi connectivity index (χ3v) is 5.21. The van der Waals surface area contributed by atoms with E-state index >= 15 is 0 Å². The Balaban J connectivity index is 1.90. The molecule has 1 aliphatic heterocycles. The maximum atomic E-state index is 12.0. The number of aliphatic imine (C=N–C) groups is 1. The summed E-state index contributed by atoms with van der Waals surface area (Å²) in [5, 5.41) is 6.85. The number of nitrogens with one attached hydrogen (secondary N) is 2. The summed E-state index contributed by atoms with van der Waals surface area (Å²) in [6.07, 6.45) is 2.55. The van der Waals surface area contributed by atoms with E-state index in [4.69, 9.17) is 4.99 Å². The van der Waals surface area contributed by atoms with Crippen LogP contribution >= 0.6 is 0 Å². The topological polar surface area (TPSA) is 60.0 Å². The van der Waals surface area contributed by atoms with E-state index in [2.05, 4.69) is 36.3 Å². The van der Waals surface area contributed by atoms with Crippen LogP contribution < -0.4 is 10.6 Å². The molecule has 6 heteroatoms. The number of piperidine rings is 1. The number of benzene rings is 1. The van der Waals surface area contributed by atoms with Gasteiger partial charge in [-0.3, -0.25) is 4.79 Å². The van der Waals surface area contributed by atoms with Gasteiger partial charge in [0.05, 0.1) is 6.54 Å². The minimum absolute atomic E-state index is 0.0213. The zero-order valence-electron chi connectivity index (χ0n) is 18.2. The molecule has 1 aliphatic rings. The van der Waals surface area contributed by atoms with Gasteiger partial charge in [-0.15, -0.1) is 0 Å². The average Bonchev–Trinajstić information content (AvgIpc) is 2.70. The van der Waals surface area contributed by atoms with Gasteiger partial charge in [-0.1, -0.05) is 12.1 Å². The summed E-state index contributed by atoms with van der Waals surface area (Å²) in [7, 11) is 3.53. The van der Waals surface area contributed by atoms with Crippen molar-refractivity contribution in [3.05, 3.63) is 35.4 Å². The first-order valence-corrected chi connectivity index (χ1v) is 10.5. The second kappa shape index (κ2) is 11.1. The molecule has 1 heterocycles. The van der Waals surface area contributed by atoms with Crippen LogP contribution in [0.1, 0.15) is 49.5 Å². The molecule has 1 aromatic rings. The number of carbonyl (C=O) groups is 1. The molecule has 1 atom stereocenters. The number of nitrogens with zero attached hydrogens (tertiary/aromatic N) is 3. The van der Waals surface area contributed by atoms with Gasteiger partial charge in [0, 0.05) is 45.3 Å². The number of likely N-dealkylation sites (tertiary alicyclic amines) is 1. The van der Waals surface area contributed by atoms with Crippen LogP contribution in [0.2, 0.25) is 0 Å². The molecule has 2 N–H and O–H groups in total. The standard InChI is InChI=1S/C22H37N5O/c1-6-23-22(25-15-19-8-7-13-27(16-19)17(2)3)24-14-18-9-11-20(12-10-18)21(28)26(4)5/h9-12,17,19H,6-8,13-16H2,1-5H3,(H2,23,24,25). The highest BCUT2D eigenvalue weighted by atomic mass is 16.2. The highest BCUT2D eigenvalue weighted by molar-refractivity contribution is 5.93. The Kier molecular flexibility index (Phi) is 8.77. The van der Waals surface area contributed by atoms with Crippen LogP contribution in [0, 0.1) is 5.92 Å². The molecule has 1 aromatic carbocycles. The van der Waals surface area contributed by atoms with Crippen molar-refractivity contribution in [3.63, 3.8) is 0 Å². The summed E-state index contributed by atoms with van der Waals surface area (Å²) < 4.78 is 0. The van der Waals surface area contributed by atoms with E-state index in [0.29, 0.717) is 24.1 Å². The Morgan fingerprint density at radius 3 is 2.57 bits per heavy atom. The van der Waals surface area contributed by atoms with Gasteiger partial charge in [0.1, 0.15) is 0 Å². The zero-order valence-corrected chi connectivity index (χ0v) is 18.2. The summed E-state index contributed by atoms with van der Waals surface area (Å²) in [4.78, 5) is 20.9. The van der Waals surface area contributed by atoms with E-state index in [1.54, 1.807) is 19.0 Å². The first-order valence-electron chi connectivity index (χ1n) is 10.5. The Hall–Kier alpha value is -2.08. The highest BCUT2D eigenvalue weighted by Gasteiger charge is 2.21. The van der Waals surface area contributed by atoms with Crippen molar-refractivity contribution in [3.8, 4) is 0 Å². The first-order chi connectivity index (χ1) is 13.4. The minimum Gasteiger partial charge on any atom is -0.357 e. The summed E-state index contributed by atoms with van der Waals surface area (Å²) >= 11 is 0. The van der Waals surface area contributed by atoms with Gasteiger partial charge < -0.3 is 20.4 Å². The number of hydrogen-bond acceptors (Lipinski definition) is 3. The minimum atomic E-state index is 0.0213. The molecule has 1 amide bonds. The monoisotopic (exact) mass is 387 g/mol. The smallest absolute Gasteiger partial charge is 0.253 e. The van der Waals surface area contributed by atoms with Gasteiger partial charge in [0.15, 0.2) is 5.96 Å². The fourth-order valence-electron chi connectivity index (χ4n) is 3.50. The maximum absolute atomic E-state index is 12.0. The predicted molar refractivity (Wildman–Crippen MR) is 117 cm³/mol. The first kappa shape index (κ1) is 22.2. The molecule has 1 fully saturated rings. The lowest BCUT2D eigenvalue weighted by Gasteiger charge is -2.35. The highest BCUT2D eigenvalue weighted by Crippen LogP contribution is 2.17. The normalized spacial score (nSPS) is 18.2. The molecule has 0 bridgehead atoms. The number of guanidine groups is 1. The molecule has 0 spiro atoms. The molecule has 2 rings (SSSR count). The number of rotatable bonds is 7. The van der Waals surface area contributed by atoms with Crippen LogP contribution in [-0.2, 0) is 6.54 Å².